The first kappa shape index (κ1) is 16.2. The molecule has 1 atom stereocenters. The molecule has 0 radical (unpaired) electrons. The second-order valence-corrected chi connectivity index (χ2v) is 7.91. The van der Waals surface area contributed by atoms with E-state index in [0.29, 0.717) is 15.8 Å². The number of amides is 1. The second-order valence-electron chi connectivity index (χ2n) is 5.22. The Morgan fingerprint density at radius 1 is 1.39 bits per heavy atom. The average Bonchev–Trinajstić information content (AvgIpc) is 3.22. The molecular weight excluding hydrogens is 350 g/mol. The number of carbonyl (C=O) groups excluding carboxylic acids is 1. The zero-order valence-electron chi connectivity index (χ0n) is 12.7. The third kappa shape index (κ3) is 3.65. The van der Waals surface area contributed by atoms with Gasteiger partial charge in [0.05, 0.1) is 14.9 Å². The highest BCUT2D eigenvalue weighted by Gasteiger charge is 2.19. The molecule has 4 nitrogen and oxygen atoms in total. The summed E-state index contributed by atoms with van der Waals surface area (Å²) in [4.78, 5) is 14.1. The molecule has 3 rings (SSSR count). The molecule has 0 aliphatic heterocycles. The molecule has 0 aromatic carbocycles. The first-order valence-electron chi connectivity index (χ1n) is 7.14. The van der Waals surface area contributed by atoms with Gasteiger partial charge in [0, 0.05) is 17.1 Å². The van der Waals surface area contributed by atoms with Crippen LogP contribution in [0.4, 0.5) is 0 Å². The van der Waals surface area contributed by atoms with Crippen LogP contribution in [-0.2, 0) is 0 Å². The van der Waals surface area contributed by atoms with Crippen molar-refractivity contribution in [1.29, 1.82) is 0 Å². The van der Waals surface area contributed by atoms with Crippen LogP contribution in [0.15, 0.2) is 35.7 Å². The van der Waals surface area contributed by atoms with Gasteiger partial charge in [0.2, 0.25) is 0 Å². The minimum Gasteiger partial charge on any atom is -0.349 e. The molecule has 1 unspecified atom stereocenters. The molecule has 0 saturated carbocycles. The van der Waals surface area contributed by atoms with Crippen LogP contribution < -0.4 is 5.32 Å². The summed E-state index contributed by atoms with van der Waals surface area (Å²) in [5.74, 6) is -0.106. The Morgan fingerprint density at radius 2 is 2.22 bits per heavy atom. The largest absolute Gasteiger partial charge is 0.349 e. The van der Waals surface area contributed by atoms with E-state index in [1.165, 1.54) is 16.2 Å². The maximum Gasteiger partial charge on any atom is 0.261 e. The summed E-state index contributed by atoms with van der Waals surface area (Å²) >= 11 is 8.84. The average molecular weight is 366 g/mol. The Bertz CT molecular complexity index is 807. The Balaban J connectivity index is 1.80. The van der Waals surface area contributed by atoms with Crippen molar-refractivity contribution in [3.05, 3.63) is 61.2 Å². The van der Waals surface area contributed by atoms with Crippen LogP contribution in [0.25, 0.3) is 0 Å². The fraction of sp³-hybridized carbons (Fsp3) is 0.250. The molecule has 0 aliphatic carbocycles. The summed E-state index contributed by atoms with van der Waals surface area (Å²) in [6.45, 7) is 4.49. The summed E-state index contributed by atoms with van der Waals surface area (Å²) in [7, 11) is 0. The molecule has 1 N–H and O–H groups in total. The van der Waals surface area contributed by atoms with Gasteiger partial charge in [0.25, 0.3) is 5.91 Å². The van der Waals surface area contributed by atoms with Gasteiger partial charge in [-0.05, 0) is 43.5 Å². The SMILES string of the molecule is Cc1cc(C)n(C(CNC(=O)c2ccc(Cl)s2)c2cccs2)n1. The van der Waals surface area contributed by atoms with Crippen LogP contribution in [0.5, 0.6) is 0 Å². The fourth-order valence-corrected chi connectivity index (χ4v) is 4.23. The molecule has 0 aliphatic rings. The van der Waals surface area contributed by atoms with Crippen LogP contribution in [0, 0.1) is 13.8 Å². The van der Waals surface area contributed by atoms with E-state index < -0.39 is 0 Å². The quantitative estimate of drug-likeness (QED) is 0.732. The Morgan fingerprint density at radius 3 is 2.78 bits per heavy atom. The summed E-state index contributed by atoms with van der Waals surface area (Å²) < 4.78 is 2.59. The van der Waals surface area contributed by atoms with E-state index in [1.807, 2.05) is 36.0 Å². The lowest BCUT2D eigenvalue weighted by Crippen LogP contribution is -2.31. The third-order valence-corrected chi connectivity index (χ3v) is 5.67. The lowest BCUT2D eigenvalue weighted by molar-refractivity contribution is 0.0953. The van der Waals surface area contributed by atoms with Crippen molar-refractivity contribution in [2.75, 3.05) is 6.54 Å². The number of carbonyl (C=O) groups is 1. The second kappa shape index (κ2) is 6.86. The van der Waals surface area contributed by atoms with Gasteiger partial charge in [-0.1, -0.05) is 17.7 Å². The minimum absolute atomic E-state index is 0.0110. The van der Waals surface area contributed by atoms with Gasteiger partial charge in [-0.25, -0.2) is 0 Å². The topological polar surface area (TPSA) is 46.9 Å². The molecule has 3 heterocycles. The zero-order chi connectivity index (χ0) is 16.4. The van der Waals surface area contributed by atoms with Gasteiger partial charge < -0.3 is 5.32 Å². The van der Waals surface area contributed by atoms with Crippen molar-refractivity contribution >= 4 is 40.2 Å². The molecule has 0 fully saturated rings. The van der Waals surface area contributed by atoms with E-state index >= 15 is 0 Å². The third-order valence-electron chi connectivity index (χ3n) is 3.46. The predicted molar refractivity (Wildman–Crippen MR) is 95.8 cm³/mol. The van der Waals surface area contributed by atoms with Gasteiger partial charge in [-0.2, -0.15) is 5.10 Å². The summed E-state index contributed by atoms with van der Waals surface area (Å²) in [6.07, 6.45) is 0. The van der Waals surface area contributed by atoms with Crippen LogP contribution >= 0.6 is 34.3 Å². The van der Waals surface area contributed by atoms with Crippen molar-refractivity contribution in [2.45, 2.75) is 19.9 Å². The molecule has 0 bridgehead atoms. The number of rotatable bonds is 5. The van der Waals surface area contributed by atoms with E-state index in [-0.39, 0.29) is 11.9 Å². The highest BCUT2D eigenvalue weighted by Crippen LogP contribution is 2.25. The van der Waals surface area contributed by atoms with Gasteiger partial charge in [0.1, 0.15) is 6.04 Å². The number of hydrogen-bond donors (Lipinski definition) is 1. The van der Waals surface area contributed by atoms with Crippen LogP contribution in [0.1, 0.15) is 32.0 Å². The molecular formula is C16H16ClN3OS2. The van der Waals surface area contributed by atoms with Crippen molar-refractivity contribution < 1.29 is 4.79 Å². The Kier molecular flexibility index (Phi) is 4.84. The van der Waals surface area contributed by atoms with Gasteiger partial charge in [-0.3, -0.25) is 9.48 Å². The molecule has 0 spiro atoms. The van der Waals surface area contributed by atoms with Gasteiger partial charge >= 0.3 is 0 Å². The van der Waals surface area contributed by atoms with Crippen LogP contribution in [0.3, 0.4) is 0 Å². The van der Waals surface area contributed by atoms with E-state index in [1.54, 1.807) is 23.5 Å². The highest BCUT2D eigenvalue weighted by molar-refractivity contribution is 7.18. The number of halogens is 1. The number of nitrogens with zero attached hydrogens (tertiary/aromatic N) is 2. The van der Waals surface area contributed by atoms with E-state index in [2.05, 4.69) is 16.5 Å². The lowest BCUT2D eigenvalue weighted by atomic mass is 10.2. The van der Waals surface area contributed by atoms with E-state index in [9.17, 15) is 4.79 Å². The maximum atomic E-state index is 12.3. The molecule has 3 aromatic rings. The smallest absolute Gasteiger partial charge is 0.261 e. The Hall–Kier alpha value is -1.63. The first-order valence-corrected chi connectivity index (χ1v) is 9.21. The zero-order valence-corrected chi connectivity index (χ0v) is 15.1. The molecule has 0 saturated heterocycles. The minimum atomic E-state index is -0.106. The predicted octanol–water partition coefficient (Wildman–Crippen LogP) is 4.30. The monoisotopic (exact) mass is 365 g/mol. The normalized spacial score (nSPS) is 12.3. The summed E-state index contributed by atoms with van der Waals surface area (Å²) in [5.41, 5.74) is 2.05. The summed E-state index contributed by atoms with van der Waals surface area (Å²) in [5, 5.41) is 9.61. The molecule has 7 heteroatoms. The standard InChI is InChI=1S/C16H16ClN3OS2/c1-10-8-11(2)20(19-10)12(13-4-3-7-22-13)9-18-16(21)14-5-6-15(17)23-14/h3-8,12H,9H2,1-2H3,(H,18,21). The van der Waals surface area contributed by atoms with Crippen molar-refractivity contribution in [1.82, 2.24) is 15.1 Å². The number of aromatic nitrogens is 2. The van der Waals surface area contributed by atoms with Gasteiger partial charge in [0.15, 0.2) is 0 Å². The highest BCUT2D eigenvalue weighted by atomic mass is 35.5. The van der Waals surface area contributed by atoms with Crippen molar-refractivity contribution in [3.63, 3.8) is 0 Å². The van der Waals surface area contributed by atoms with E-state index in [0.717, 1.165) is 11.4 Å². The number of nitrogens with one attached hydrogen (secondary N) is 1. The van der Waals surface area contributed by atoms with Gasteiger partial charge in [-0.15, -0.1) is 22.7 Å². The molecule has 3 aromatic heterocycles. The summed E-state index contributed by atoms with van der Waals surface area (Å²) in [6, 6.07) is 9.59. The van der Waals surface area contributed by atoms with Crippen LogP contribution in [-0.4, -0.2) is 22.2 Å². The van der Waals surface area contributed by atoms with Crippen molar-refractivity contribution in [2.24, 2.45) is 0 Å². The molecule has 120 valence electrons. The first-order chi connectivity index (χ1) is 11.0. The van der Waals surface area contributed by atoms with Crippen LogP contribution in [0.2, 0.25) is 4.34 Å². The van der Waals surface area contributed by atoms with Crippen molar-refractivity contribution in [3.8, 4) is 0 Å². The molecule has 23 heavy (non-hydrogen) atoms. The number of aryl methyl sites for hydroxylation is 2. The lowest BCUT2D eigenvalue weighted by Gasteiger charge is -2.18. The molecule has 1 amide bonds. The number of hydrogen-bond acceptors (Lipinski definition) is 4. The maximum absolute atomic E-state index is 12.3. The number of thiophene rings is 2. The fourth-order valence-electron chi connectivity index (χ4n) is 2.46. The Labute approximate surface area is 147 Å². The van der Waals surface area contributed by atoms with E-state index in [4.69, 9.17) is 11.6 Å².